The fraction of sp³-hybridized carbons (Fsp3) is 0.300. The Bertz CT molecular complexity index is 1170. The second kappa shape index (κ2) is 8.41. The van der Waals surface area contributed by atoms with Crippen LogP contribution >= 0.6 is 22.9 Å². The summed E-state index contributed by atoms with van der Waals surface area (Å²) in [4.78, 5) is 21.1. The van der Waals surface area contributed by atoms with E-state index >= 15 is 0 Å². The summed E-state index contributed by atoms with van der Waals surface area (Å²) in [7, 11) is -2.06. The highest BCUT2D eigenvalue weighted by Gasteiger charge is 2.27. The molecule has 0 N–H and O–H groups in total. The second-order valence-corrected chi connectivity index (χ2v) is 10.2. The Kier molecular flexibility index (Phi) is 5.86. The molecule has 1 amide bonds. The van der Waals surface area contributed by atoms with Gasteiger partial charge in [-0.15, -0.1) is 0 Å². The predicted octanol–water partition coefficient (Wildman–Crippen LogP) is 3.08. The van der Waals surface area contributed by atoms with E-state index in [1.807, 2.05) is 0 Å². The number of thiazole rings is 1. The molecule has 1 aliphatic heterocycles. The number of nitrogens with zero attached hydrogens (tertiary/aromatic N) is 3. The topological polar surface area (TPSA) is 79.8 Å². The van der Waals surface area contributed by atoms with Crippen molar-refractivity contribution >= 4 is 54.0 Å². The number of methoxy groups -OCH3 is 1. The number of hydrogen-bond donors (Lipinski definition) is 0. The van der Waals surface area contributed by atoms with Gasteiger partial charge in [-0.3, -0.25) is 4.79 Å². The van der Waals surface area contributed by atoms with Gasteiger partial charge in [-0.2, -0.15) is 0 Å². The van der Waals surface area contributed by atoms with E-state index in [1.54, 1.807) is 42.3 Å². The van der Waals surface area contributed by atoms with Crippen LogP contribution in [0.2, 0.25) is 5.02 Å². The molecule has 4 rings (SSSR count). The third kappa shape index (κ3) is 4.10. The van der Waals surface area contributed by atoms with E-state index in [0.29, 0.717) is 37.0 Å². The van der Waals surface area contributed by atoms with Crippen LogP contribution in [0.5, 0.6) is 5.75 Å². The summed E-state index contributed by atoms with van der Waals surface area (Å²) in [5.74, 6) is -0.241. The second-order valence-electron chi connectivity index (χ2n) is 6.86. The zero-order chi connectivity index (χ0) is 21.3. The standard InChI is InChI=1S/C20H20ClN3O4S2/c1-28-16-8-7-15(21)19-18(16)22-20(29-19)24-11-9-23(10-12-24)17(25)13-30(26,27)14-5-3-2-4-6-14/h2-8H,9-13H2,1H3. The van der Waals surface area contributed by atoms with Crippen LogP contribution < -0.4 is 9.64 Å². The number of halogens is 1. The molecule has 0 atom stereocenters. The number of ether oxygens (including phenoxy) is 1. The monoisotopic (exact) mass is 465 g/mol. The molecule has 0 saturated carbocycles. The summed E-state index contributed by atoms with van der Waals surface area (Å²) in [6.07, 6.45) is 0. The number of hydrogen-bond acceptors (Lipinski definition) is 7. The quantitative estimate of drug-likeness (QED) is 0.576. The summed E-state index contributed by atoms with van der Waals surface area (Å²) < 4.78 is 31.2. The van der Waals surface area contributed by atoms with Gasteiger partial charge in [-0.05, 0) is 24.3 Å². The highest BCUT2D eigenvalue weighted by molar-refractivity contribution is 7.92. The van der Waals surface area contributed by atoms with Crippen LogP contribution in [0.3, 0.4) is 0 Å². The van der Waals surface area contributed by atoms with Crippen LogP contribution in [0.15, 0.2) is 47.4 Å². The Labute approximate surface area is 183 Å². The molecule has 3 aromatic rings. The normalized spacial score (nSPS) is 14.9. The van der Waals surface area contributed by atoms with E-state index in [0.717, 1.165) is 15.3 Å². The maximum Gasteiger partial charge on any atom is 0.238 e. The van der Waals surface area contributed by atoms with Crippen molar-refractivity contribution < 1.29 is 17.9 Å². The van der Waals surface area contributed by atoms with Crippen molar-refractivity contribution in [2.45, 2.75) is 4.90 Å². The molecule has 30 heavy (non-hydrogen) atoms. The fourth-order valence-corrected chi connectivity index (χ4v) is 5.91. The Morgan fingerprint density at radius 2 is 1.83 bits per heavy atom. The Balaban J connectivity index is 1.43. The third-order valence-electron chi connectivity index (χ3n) is 4.99. The first-order valence-electron chi connectivity index (χ1n) is 9.32. The van der Waals surface area contributed by atoms with Crippen molar-refractivity contribution in [2.75, 3.05) is 43.9 Å². The van der Waals surface area contributed by atoms with Crippen molar-refractivity contribution in [1.29, 1.82) is 0 Å². The molecule has 10 heteroatoms. The number of carbonyl (C=O) groups is 1. The number of anilines is 1. The molecule has 1 saturated heterocycles. The molecule has 1 aliphatic rings. The largest absolute Gasteiger partial charge is 0.494 e. The Morgan fingerprint density at radius 3 is 2.50 bits per heavy atom. The van der Waals surface area contributed by atoms with Gasteiger partial charge in [0.05, 0.1) is 21.7 Å². The van der Waals surface area contributed by atoms with Crippen molar-refractivity contribution in [3.63, 3.8) is 0 Å². The van der Waals surface area contributed by atoms with Crippen LogP contribution in [-0.4, -0.2) is 63.3 Å². The summed E-state index contributed by atoms with van der Waals surface area (Å²) in [5.41, 5.74) is 0.720. The van der Waals surface area contributed by atoms with Gasteiger partial charge in [-0.25, -0.2) is 13.4 Å². The molecular formula is C20H20ClN3O4S2. The van der Waals surface area contributed by atoms with Gasteiger partial charge in [0.25, 0.3) is 0 Å². The molecule has 1 aromatic heterocycles. The molecule has 1 fully saturated rings. The first-order valence-corrected chi connectivity index (χ1v) is 12.2. The molecule has 0 aliphatic carbocycles. The number of benzene rings is 2. The highest BCUT2D eigenvalue weighted by Crippen LogP contribution is 2.38. The zero-order valence-electron chi connectivity index (χ0n) is 16.2. The zero-order valence-corrected chi connectivity index (χ0v) is 18.6. The number of carbonyl (C=O) groups excluding carboxylic acids is 1. The summed E-state index contributed by atoms with van der Waals surface area (Å²) in [6.45, 7) is 2.00. The predicted molar refractivity (Wildman–Crippen MR) is 118 cm³/mol. The van der Waals surface area contributed by atoms with Gasteiger partial charge in [-0.1, -0.05) is 41.1 Å². The number of sulfone groups is 1. The average Bonchev–Trinajstić information content (AvgIpc) is 3.21. The van der Waals surface area contributed by atoms with Gasteiger partial charge < -0.3 is 14.5 Å². The van der Waals surface area contributed by atoms with E-state index in [2.05, 4.69) is 9.88 Å². The lowest BCUT2D eigenvalue weighted by Gasteiger charge is -2.34. The molecule has 0 radical (unpaired) electrons. The lowest BCUT2D eigenvalue weighted by atomic mass is 10.3. The number of fused-ring (bicyclic) bond motifs is 1. The minimum Gasteiger partial charge on any atom is -0.494 e. The highest BCUT2D eigenvalue weighted by atomic mass is 35.5. The van der Waals surface area contributed by atoms with Gasteiger partial charge in [0, 0.05) is 26.2 Å². The van der Waals surface area contributed by atoms with Crippen molar-refractivity contribution in [2.24, 2.45) is 0 Å². The van der Waals surface area contributed by atoms with Crippen molar-refractivity contribution in [3.05, 3.63) is 47.5 Å². The van der Waals surface area contributed by atoms with Crippen LogP contribution in [-0.2, 0) is 14.6 Å². The molecule has 0 spiro atoms. The van der Waals surface area contributed by atoms with Crippen molar-refractivity contribution in [3.8, 4) is 5.75 Å². The number of amides is 1. The van der Waals surface area contributed by atoms with Gasteiger partial charge in [0.2, 0.25) is 5.91 Å². The minimum absolute atomic E-state index is 0.164. The van der Waals surface area contributed by atoms with Crippen LogP contribution in [0.25, 0.3) is 10.2 Å². The number of piperazine rings is 1. The summed E-state index contributed by atoms with van der Waals surface area (Å²) in [6, 6.07) is 11.6. The Hall–Kier alpha value is -2.36. The maximum absolute atomic E-state index is 12.6. The molecule has 0 bridgehead atoms. The first-order chi connectivity index (χ1) is 14.4. The average molecular weight is 466 g/mol. The van der Waals surface area contributed by atoms with Crippen LogP contribution in [0.1, 0.15) is 0 Å². The van der Waals surface area contributed by atoms with E-state index in [9.17, 15) is 13.2 Å². The Morgan fingerprint density at radius 1 is 1.13 bits per heavy atom. The first kappa shape index (κ1) is 20.9. The fourth-order valence-electron chi connectivity index (χ4n) is 3.35. The van der Waals surface area contributed by atoms with Crippen molar-refractivity contribution in [1.82, 2.24) is 9.88 Å². The summed E-state index contributed by atoms with van der Waals surface area (Å²) in [5, 5.41) is 1.43. The van der Waals surface area contributed by atoms with E-state index < -0.39 is 15.6 Å². The molecule has 158 valence electrons. The molecule has 2 heterocycles. The summed E-state index contributed by atoms with van der Waals surface area (Å²) >= 11 is 7.78. The number of aromatic nitrogens is 1. The molecular weight excluding hydrogens is 446 g/mol. The molecule has 0 unspecified atom stereocenters. The minimum atomic E-state index is -3.65. The van der Waals surface area contributed by atoms with Crippen LogP contribution in [0, 0.1) is 0 Å². The SMILES string of the molecule is COc1ccc(Cl)c2sc(N3CCN(C(=O)CS(=O)(=O)c4ccccc4)CC3)nc12. The lowest BCUT2D eigenvalue weighted by molar-refractivity contribution is -0.128. The molecule has 7 nitrogen and oxygen atoms in total. The van der Waals surface area contributed by atoms with Gasteiger partial charge in [0.1, 0.15) is 17.0 Å². The maximum atomic E-state index is 12.6. The molecule has 2 aromatic carbocycles. The smallest absolute Gasteiger partial charge is 0.238 e. The van der Waals surface area contributed by atoms with E-state index in [-0.39, 0.29) is 10.8 Å². The lowest BCUT2D eigenvalue weighted by Crippen LogP contribution is -2.50. The van der Waals surface area contributed by atoms with Crippen LogP contribution in [0.4, 0.5) is 5.13 Å². The van der Waals surface area contributed by atoms with E-state index in [1.165, 1.54) is 23.5 Å². The van der Waals surface area contributed by atoms with E-state index in [4.69, 9.17) is 16.3 Å². The number of rotatable bonds is 5. The third-order valence-corrected chi connectivity index (χ3v) is 8.18. The van der Waals surface area contributed by atoms with Gasteiger partial charge >= 0.3 is 0 Å². The van der Waals surface area contributed by atoms with Gasteiger partial charge in [0.15, 0.2) is 15.0 Å².